The molecule has 7 atom stereocenters. The number of aliphatic hydroxyl groups is 2. The van der Waals surface area contributed by atoms with Gasteiger partial charge in [-0.2, -0.15) is 0 Å². The molecule has 0 spiro atoms. The average molecular weight is 290 g/mol. The Hall–Kier alpha value is -0.670. The van der Waals surface area contributed by atoms with Gasteiger partial charge in [0.15, 0.2) is 5.78 Å². The van der Waals surface area contributed by atoms with Crippen molar-refractivity contribution >= 4 is 5.78 Å². The molecule has 0 amide bonds. The van der Waals surface area contributed by atoms with Crippen LogP contribution in [0.3, 0.4) is 0 Å². The Labute approximate surface area is 126 Å². The van der Waals surface area contributed by atoms with Gasteiger partial charge in [0.25, 0.3) is 0 Å². The monoisotopic (exact) mass is 290 g/mol. The number of carbonyl (C=O) groups is 1. The van der Waals surface area contributed by atoms with Crippen LogP contribution in [0.5, 0.6) is 0 Å². The Balaban J connectivity index is 1.66. The molecular formula is C18H26O3. The van der Waals surface area contributed by atoms with E-state index in [1.54, 1.807) is 0 Å². The maximum absolute atomic E-state index is 11.7. The number of aliphatic hydroxyl groups excluding tert-OH is 2. The number of ketones is 1. The molecular weight excluding hydrogens is 264 g/mol. The van der Waals surface area contributed by atoms with Crippen LogP contribution in [-0.4, -0.2) is 28.2 Å². The highest BCUT2D eigenvalue weighted by atomic mass is 16.3. The van der Waals surface area contributed by atoms with Crippen molar-refractivity contribution in [2.24, 2.45) is 29.1 Å². The van der Waals surface area contributed by atoms with Gasteiger partial charge in [0.2, 0.25) is 0 Å². The van der Waals surface area contributed by atoms with Gasteiger partial charge in [-0.3, -0.25) is 4.79 Å². The minimum absolute atomic E-state index is 0.0951. The van der Waals surface area contributed by atoms with Crippen LogP contribution in [0.2, 0.25) is 0 Å². The van der Waals surface area contributed by atoms with Crippen molar-refractivity contribution < 1.29 is 15.0 Å². The molecule has 0 heterocycles. The first-order valence-corrected chi connectivity index (χ1v) is 8.60. The highest BCUT2D eigenvalue weighted by Crippen LogP contribution is 2.61. The van der Waals surface area contributed by atoms with Gasteiger partial charge in [-0.25, -0.2) is 0 Å². The summed E-state index contributed by atoms with van der Waals surface area (Å²) in [5.41, 5.74) is 1.31. The summed E-state index contributed by atoms with van der Waals surface area (Å²) in [4.78, 5) is 11.7. The highest BCUT2D eigenvalue weighted by Gasteiger charge is 2.56. The number of hydrogen-bond donors (Lipinski definition) is 2. The maximum atomic E-state index is 11.7. The predicted molar refractivity (Wildman–Crippen MR) is 79.5 cm³/mol. The summed E-state index contributed by atoms with van der Waals surface area (Å²) in [5.74, 6) is 2.08. The van der Waals surface area contributed by atoms with Crippen molar-refractivity contribution in [3.8, 4) is 0 Å². The van der Waals surface area contributed by atoms with Crippen LogP contribution in [0.25, 0.3) is 0 Å². The zero-order chi connectivity index (χ0) is 14.8. The third-order valence-electron chi connectivity index (χ3n) is 7.27. The van der Waals surface area contributed by atoms with E-state index in [-0.39, 0.29) is 23.2 Å². The lowest BCUT2D eigenvalue weighted by Crippen LogP contribution is -2.50. The smallest absolute Gasteiger partial charge is 0.158 e. The fraction of sp³-hybridized carbons (Fsp3) is 0.833. The molecule has 0 unspecified atom stereocenters. The molecule has 4 aliphatic carbocycles. The van der Waals surface area contributed by atoms with E-state index in [0.717, 1.165) is 38.5 Å². The molecule has 3 saturated carbocycles. The quantitative estimate of drug-likeness (QED) is 0.720. The highest BCUT2D eigenvalue weighted by molar-refractivity contribution is 5.92. The van der Waals surface area contributed by atoms with E-state index in [4.69, 9.17) is 0 Å². The van der Waals surface area contributed by atoms with E-state index in [2.05, 4.69) is 6.92 Å². The first-order valence-electron chi connectivity index (χ1n) is 8.60. The van der Waals surface area contributed by atoms with Gasteiger partial charge < -0.3 is 10.2 Å². The van der Waals surface area contributed by atoms with Crippen LogP contribution < -0.4 is 0 Å². The molecule has 0 radical (unpaired) electrons. The van der Waals surface area contributed by atoms with Crippen LogP contribution in [0.1, 0.15) is 51.9 Å². The fourth-order valence-corrected chi connectivity index (χ4v) is 6.23. The van der Waals surface area contributed by atoms with Crippen molar-refractivity contribution in [1.82, 2.24) is 0 Å². The Kier molecular flexibility index (Phi) is 3.10. The standard InChI is InChI=1S/C18H26O3/c1-18-7-6-13-12(14(18)4-5-16(18)21)3-2-10-8-11(19)9-15(20)17(10)13/h8,12-17,20-21H,2-7,9H2,1H3/t12-,13+,14+,15+,16+,17+,18+/m1/s1. The third kappa shape index (κ3) is 1.90. The molecule has 4 aliphatic rings. The molecule has 0 aromatic heterocycles. The molecule has 2 N–H and O–H groups in total. The van der Waals surface area contributed by atoms with Crippen LogP contribution in [0, 0.1) is 29.1 Å². The molecule has 0 bridgehead atoms. The minimum Gasteiger partial charge on any atom is -0.393 e. The van der Waals surface area contributed by atoms with Crippen molar-refractivity contribution in [2.75, 3.05) is 0 Å². The summed E-state index contributed by atoms with van der Waals surface area (Å²) in [5, 5.41) is 20.8. The van der Waals surface area contributed by atoms with E-state index in [9.17, 15) is 15.0 Å². The molecule has 3 fully saturated rings. The third-order valence-corrected chi connectivity index (χ3v) is 7.27. The first kappa shape index (κ1) is 14.0. The van der Waals surface area contributed by atoms with Crippen molar-refractivity contribution in [1.29, 1.82) is 0 Å². The predicted octanol–water partition coefficient (Wildman–Crippen LogP) is 2.46. The second-order valence-corrected chi connectivity index (χ2v) is 8.09. The van der Waals surface area contributed by atoms with Crippen molar-refractivity contribution in [3.05, 3.63) is 11.6 Å². The van der Waals surface area contributed by atoms with Gasteiger partial charge in [-0.05, 0) is 67.8 Å². The zero-order valence-electron chi connectivity index (χ0n) is 12.8. The molecule has 0 aromatic carbocycles. The Morgan fingerprint density at radius 1 is 1.14 bits per heavy atom. The van der Waals surface area contributed by atoms with Crippen LogP contribution in [0.15, 0.2) is 11.6 Å². The zero-order valence-corrected chi connectivity index (χ0v) is 12.8. The van der Waals surface area contributed by atoms with Gasteiger partial charge in [0.1, 0.15) is 0 Å². The van der Waals surface area contributed by atoms with E-state index >= 15 is 0 Å². The number of hydrogen-bond acceptors (Lipinski definition) is 3. The number of carbonyl (C=O) groups excluding carboxylic acids is 1. The summed E-state index contributed by atoms with van der Waals surface area (Å²) < 4.78 is 0. The molecule has 21 heavy (non-hydrogen) atoms. The largest absolute Gasteiger partial charge is 0.393 e. The summed E-state index contributed by atoms with van der Waals surface area (Å²) in [6.45, 7) is 2.28. The van der Waals surface area contributed by atoms with Gasteiger partial charge in [0.05, 0.1) is 12.2 Å². The van der Waals surface area contributed by atoms with Crippen LogP contribution in [0.4, 0.5) is 0 Å². The van der Waals surface area contributed by atoms with Gasteiger partial charge in [-0.15, -0.1) is 0 Å². The molecule has 3 nitrogen and oxygen atoms in total. The second-order valence-electron chi connectivity index (χ2n) is 8.09. The fourth-order valence-electron chi connectivity index (χ4n) is 6.23. The Morgan fingerprint density at radius 2 is 1.95 bits per heavy atom. The van der Waals surface area contributed by atoms with E-state index < -0.39 is 6.10 Å². The summed E-state index contributed by atoms with van der Waals surface area (Å²) in [6, 6.07) is 0. The minimum atomic E-state index is -0.471. The Bertz CT molecular complexity index is 497. The van der Waals surface area contributed by atoms with Gasteiger partial charge in [0, 0.05) is 12.3 Å². The number of fused-ring (bicyclic) bond motifs is 5. The van der Waals surface area contributed by atoms with E-state index in [0.29, 0.717) is 24.2 Å². The summed E-state index contributed by atoms with van der Waals surface area (Å²) in [7, 11) is 0. The van der Waals surface area contributed by atoms with Gasteiger partial charge >= 0.3 is 0 Å². The maximum Gasteiger partial charge on any atom is 0.158 e. The summed E-state index contributed by atoms with van der Waals surface area (Å²) in [6.07, 6.45) is 7.88. The normalized spacial score (nSPS) is 52.7. The molecule has 0 aliphatic heterocycles. The first-order chi connectivity index (χ1) is 10.0. The Morgan fingerprint density at radius 3 is 2.76 bits per heavy atom. The molecule has 0 aromatic rings. The second kappa shape index (κ2) is 4.66. The van der Waals surface area contributed by atoms with Gasteiger partial charge in [-0.1, -0.05) is 12.5 Å². The molecule has 4 rings (SSSR count). The lowest BCUT2D eigenvalue weighted by atomic mass is 9.52. The van der Waals surface area contributed by atoms with Crippen molar-refractivity contribution in [2.45, 2.75) is 64.1 Å². The molecule has 0 saturated heterocycles. The van der Waals surface area contributed by atoms with Crippen LogP contribution in [-0.2, 0) is 4.79 Å². The lowest BCUT2D eigenvalue weighted by molar-refractivity contribution is -0.120. The van der Waals surface area contributed by atoms with E-state index in [1.807, 2.05) is 6.08 Å². The average Bonchev–Trinajstić information content (AvgIpc) is 2.74. The van der Waals surface area contributed by atoms with Crippen molar-refractivity contribution in [3.63, 3.8) is 0 Å². The van der Waals surface area contributed by atoms with E-state index in [1.165, 1.54) is 5.57 Å². The van der Waals surface area contributed by atoms with Crippen LogP contribution >= 0.6 is 0 Å². The summed E-state index contributed by atoms with van der Waals surface area (Å²) >= 11 is 0. The topological polar surface area (TPSA) is 57.5 Å². The lowest BCUT2D eigenvalue weighted by Gasteiger charge is -2.54. The SMILES string of the molecule is C[C@]12CC[C@H]3[C@@H](CCC4=CC(=O)C[C@H](O)[C@@H]43)[C@@H]1CC[C@@H]2O. The number of rotatable bonds is 0. The molecule has 116 valence electrons. The molecule has 3 heteroatoms.